The number of carbonyl (C=O) groups excluding carboxylic acids is 1. The van der Waals surface area contributed by atoms with Crippen molar-refractivity contribution in [2.75, 3.05) is 0 Å². The fraction of sp³-hybridized carbons (Fsp3) is 0.462. The molecule has 0 bridgehead atoms. The zero-order valence-electron chi connectivity index (χ0n) is 8.87. The molecule has 1 nitrogen and oxygen atoms in total. The van der Waals surface area contributed by atoms with Crippen LogP contribution < -0.4 is 0 Å². The molecule has 0 aromatic heterocycles. The molecule has 1 saturated carbocycles. The highest BCUT2D eigenvalue weighted by Gasteiger charge is 2.30. The highest BCUT2D eigenvalue weighted by Crippen LogP contribution is 2.43. The van der Waals surface area contributed by atoms with Crippen LogP contribution in [0.25, 0.3) is 0 Å². The summed E-state index contributed by atoms with van der Waals surface area (Å²) < 4.78 is 12.9. The molecule has 0 aliphatic heterocycles. The van der Waals surface area contributed by atoms with Gasteiger partial charge >= 0.3 is 0 Å². The van der Waals surface area contributed by atoms with Crippen molar-refractivity contribution in [3.05, 3.63) is 35.6 Å². The van der Waals surface area contributed by atoms with Crippen molar-refractivity contribution in [2.45, 2.75) is 32.1 Å². The van der Waals surface area contributed by atoms with Gasteiger partial charge in [0.1, 0.15) is 11.6 Å². The van der Waals surface area contributed by atoms with E-state index in [1.54, 1.807) is 19.1 Å². The van der Waals surface area contributed by atoms with Gasteiger partial charge in [-0.05, 0) is 49.3 Å². The molecule has 1 aromatic rings. The summed E-state index contributed by atoms with van der Waals surface area (Å²) >= 11 is 0. The first kappa shape index (κ1) is 10.3. The molecule has 0 unspecified atom stereocenters. The molecule has 1 aliphatic rings. The van der Waals surface area contributed by atoms with Gasteiger partial charge in [0, 0.05) is 6.42 Å². The zero-order valence-corrected chi connectivity index (χ0v) is 8.87. The first-order valence-corrected chi connectivity index (χ1v) is 5.40. The molecule has 0 spiro atoms. The normalized spacial score (nSPS) is 24.7. The van der Waals surface area contributed by atoms with Gasteiger partial charge in [-0.3, -0.25) is 0 Å². The van der Waals surface area contributed by atoms with Gasteiger partial charge in [0.25, 0.3) is 0 Å². The van der Waals surface area contributed by atoms with Crippen molar-refractivity contribution in [2.24, 2.45) is 5.92 Å². The first-order chi connectivity index (χ1) is 7.15. The monoisotopic (exact) mass is 206 g/mol. The molecule has 1 aliphatic carbocycles. The molecule has 2 rings (SSSR count). The van der Waals surface area contributed by atoms with Crippen LogP contribution in [0.5, 0.6) is 0 Å². The van der Waals surface area contributed by atoms with E-state index < -0.39 is 0 Å². The highest BCUT2D eigenvalue weighted by atomic mass is 19.1. The van der Waals surface area contributed by atoms with Crippen LogP contribution in [0.3, 0.4) is 0 Å². The topological polar surface area (TPSA) is 17.1 Å². The van der Waals surface area contributed by atoms with Gasteiger partial charge in [-0.25, -0.2) is 4.39 Å². The van der Waals surface area contributed by atoms with E-state index in [2.05, 4.69) is 0 Å². The van der Waals surface area contributed by atoms with Crippen molar-refractivity contribution >= 4 is 5.78 Å². The number of ketones is 1. The number of hydrogen-bond acceptors (Lipinski definition) is 1. The molecule has 0 radical (unpaired) electrons. The molecule has 0 heterocycles. The molecular formula is C13H15FO. The molecule has 15 heavy (non-hydrogen) atoms. The Bertz CT molecular complexity index is 367. The summed E-state index contributed by atoms with van der Waals surface area (Å²) in [4.78, 5) is 10.9. The largest absolute Gasteiger partial charge is 0.300 e. The molecular weight excluding hydrogens is 191 g/mol. The van der Waals surface area contributed by atoms with Crippen LogP contribution in [-0.2, 0) is 4.79 Å². The van der Waals surface area contributed by atoms with Crippen molar-refractivity contribution in [1.82, 2.24) is 0 Å². The Labute approximate surface area is 89.3 Å². The molecule has 0 saturated heterocycles. The lowest BCUT2D eigenvalue weighted by molar-refractivity contribution is -0.118. The lowest BCUT2D eigenvalue weighted by Gasteiger charge is -2.35. The summed E-state index contributed by atoms with van der Waals surface area (Å²) in [5.74, 6) is 1.08. The number of benzene rings is 1. The molecule has 80 valence electrons. The van der Waals surface area contributed by atoms with Gasteiger partial charge < -0.3 is 4.79 Å². The first-order valence-electron chi connectivity index (χ1n) is 5.40. The van der Waals surface area contributed by atoms with Crippen molar-refractivity contribution in [3.63, 3.8) is 0 Å². The minimum Gasteiger partial charge on any atom is -0.300 e. The predicted molar refractivity (Wildman–Crippen MR) is 57.2 cm³/mol. The van der Waals surface area contributed by atoms with Crippen molar-refractivity contribution < 1.29 is 9.18 Å². The molecule has 2 heteroatoms. The average Bonchev–Trinajstić information content (AvgIpc) is 2.10. The Morgan fingerprint density at radius 1 is 1.47 bits per heavy atom. The molecule has 0 N–H and O–H groups in total. The van der Waals surface area contributed by atoms with Gasteiger partial charge in [0.15, 0.2) is 0 Å². The van der Waals surface area contributed by atoms with Crippen LogP contribution >= 0.6 is 0 Å². The van der Waals surface area contributed by atoms with Crippen molar-refractivity contribution in [1.29, 1.82) is 0 Å². The molecule has 0 amide bonds. The van der Waals surface area contributed by atoms with Gasteiger partial charge in [0.05, 0.1) is 0 Å². The number of halogens is 1. The van der Waals surface area contributed by atoms with E-state index in [-0.39, 0.29) is 11.6 Å². The van der Waals surface area contributed by atoms with Gasteiger partial charge in [-0.15, -0.1) is 0 Å². The van der Waals surface area contributed by atoms with E-state index in [1.807, 2.05) is 6.07 Å². The summed E-state index contributed by atoms with van der Waals surface area (Å²) in [6, 6.07) is 6.80. The van der Waals surface area contributed by atoms with E-state index >= 15 is 0 Å². The Balaban J connectivity index is 1.92. The van der Waals surface area contributed by atoms with Crippen LogP contribution in [0.15, 0.2) is 24.3 Å². The molecule has 1 aromatic carbocycles. The number of carbonyl (C=O) groups is 1. The highest BCUT2D eigenvalue weighted by molar-refractivity contribution is 5.75. The Hall–Kier alpha value is -1.18. The summed E-state index contributed by atoms with van der Waals surface area (Å²) in [6.45, 7) is 1.63. The third-order valence-corrected chi connectivity index (χ3v) is 3.13. The minimum absolute atomic E-state index is 0.164. The maximum atomic E-state index is 12.9. The SMILES string of the molecule is CC(=O)CC1CC(c2cccc(F)c2)C1. The van der Waals surface area contributed by atoms with Crippen LogP contribution in [0.2, 0.25) is 0 Å². The van der Waals surface area contributed by atoms with Crippen LogP contribution in [0, 0.1) is 11.7 Å². The van der Waals surface area contributed by atoms with Crippen LogP contribution in [-0.4, -0.2) is 5.78 Å². The fourth-order valence-corrected chi connectivity index (χ4v) is 2.34. The summed E-state index contributed by atoms with van der Waals surface area (Å²) in [5.41, 5.74) is 1.08. The van der Waals surface area contributed by atoms with Crippen molar-refractivity contribution in [3.8, 4) is 0 Å². The number of rotatable bonds is 3. The van der Waals surface area contributed by atoms with E-state index in [1.165, 1.54) is 6.07 Å². The second-order valence-electron chi connectivity index (χ2n) is 4.50. The third kappa shape index (κ3) is 2.44. The van der Waals surface area contributed by atoms with Crippen LogP contribution in [0.4, 0.5) is 4.39 Å². The van der Waals surface area contributed by atoms with E-state index in [9.17, 15) is 9.18 Å². The second-order valence-corrected chi connectivity index (χ2v) is 4.50. The standard InChI is InChI=1S/C13H15FO/c1-9(15)5-10-6-12(7-10)11-3-2-4-13(14)8-11/h2-4,8,10,12H,5-7H2,1H3. The van der Waals surface area contributed by atoms with Gasteiger partial charge in [0.2, 0.25) is 0 Å². The summed E-state index contributed by atoms with van der Waals surface area (Å²) in [5, 5.41) is 0. The predicted octanol–water partition coefficient (Wildman–Crippen LogP) is 3.30. The molecule has 1 fully saturated rings. The Morgan fingerprint density at radius 2 is 2.20 bits per heavy atom. The summed E-state index contributed by atoms with van der Waals surface area (Å²) in [7, 11) is 0. The lowest BCUT2D eigenvalue weighted by Crippen LogP contribution is -2.23. The quantitative estimate of drug-likeness (QED) is 0.741. The van der Waals surface area contributed by atoms with E-state index in [4.69, 9.17) is 0 Å². The molecule has 0 atom stereocenters. The van der Waals surface area contributed by atoms with Gasteiger partial charge in [-0.1, -0.05) is 12.1 Å². The maximum absolute atomic E-state index is 12.9. The number of hydrogen-bond donors (Lipinski definition) is 0. The Morgan fingerprint density at radius 3 is 2.80 bits per heavy atom. The van der Waals surface area contributed by atoms with Gasteiger partial charge in [-0.2, -0.15) is 0 Å². The zero-order chi connectivity index (χ0) is 10.8. The minimum atomic E-state index is -0.164. The third-order valence-electron chi connectivity index (χ3n) is 3.13. The van der Waals surface area contributed by atoms with E-state index in [0.717, 1.165) is 18.4 Å². The second kappa shape index (κ2) is 4.13. The summed E-state index contributed by atoms with van der Waals surface area (Å²) in [6.07, 6.45) is 2.75. The lowest BCUT2D eigenvalue weighted by atomic mass is 9.69. The maximum Gasteiger partial charge on any atom is 0.130 e. The van der Waals surface area contributed by atoms with Crippen LogP contribution in [0.1, 0.15) is 37.7 Å². The smallest absolute Gasteiger partial charge is 0.130 e. The fourth-order valence-electron chi connectivity index (χ4n) is 2.34. The Kier molecular flexibility index (Phi) is 2.85. The number of Topliss-reactive ketones (excluding diaryl/α,β-unsaturated/α-hetero) is 1. The van der Waals surface area contributed by atoms with E-state index in [0.29, 0.717) is 18.3 Å². The average molecular weight is 206 g/mol.